The molecule has 31 heavy (non-hydrogen) atoms. The largest absolute Gasteiger partial charge is 0.495 e. The number of methoxy groups -OCH3 is 1. The van der Waals surface area contributed by atoms with Crippen molar-refractivity contribution in [2.75, 3.05) is 17.2 Å². The van der Waals surface area contributed by atoms with Gasteiger partial charge in [0.25, 0.3) is 15.9 Å². The Bertz CT molecular complexity index is 1180. The summed E-state index contributed by atoms with van der Waals surface area (Å²) < 4.78 is 32.7. The molecule has 0 aliphatic rings. The molecule has 0 saturated carbocycles. The SMILES string of the molecule is COc1ccc(N(C(=O)CSc2ccc(Cl)cc2)S(=O)(=O)c2ccc(C)cc2)cc1Cl. The monoisotopic (exact) mass is 495 g/mol. The summed E-state index contributed by atoms with van der Waals surface area (Å²) in [5.41, 5.74) is 1.04. The normalized spacial score (nSPS) is 11.2. The van der Waals surface area contributed by atoms with Crippen LogP contribution in [0.3, 0.4) is 0 Å². The van der Waals surface area contributed by atoms with Crippen LogP contribution < -0.4 is 9.04 Å². The molecule has 0 fully saturated rings. The summed E-state index contributed by atoms with van der Waals surface area (Å²) in [5, 5.41) is 0.773. The van der Waals surface area contributed by atoms with E-state index in [1.54, 1.807) is 36.4 Å². The van der Waals surface area contributed by atoms with Crippen molar-refractivity contribution in [3.63, 3.8) is 0 Å². The summed E-state index contributed by atoms with van der Waals surface area (Å²) >= 11 is 13.3. The van der Waals surface area contributed by atoms with E-state index in [4.69, 9.17) is 27.9 Å². The van der Waals surface area contributed by atoms with Crippen LogP contribution in [0.1, 0.15) is 5.56 Å². The minimum absolute atomic E-state index is 0.00915. The van der Waals surface area contributed by atoms with E-state index in [0.29, 0.717) is 10.8 Å². The summed E-state index contributed by atoms with van der Waals surface area (Å²) in [4.78, 5) is 14.0. The quantitative estimate of drug-likeness (QED) is 0.386. The number of hydrogen-bond acceptors (Lipinski definition) is 5. The number of benzene rings is 3. The summed E-state index contributed by atoms with van der Waals surface area (Å²) in [6.45, 7) is 1.85. The van der Waals surface area contributed by atoms with Gasteiger partial charge in [-0.25, -0.2) is 12.7 Å². The van der Waals surface area contributed by atoms with Crippen LogP contribution in [0.5, 0.6) is 5.75 Å². The molecule has 0 aromatic heterocycles. The minimum Gasteiger partial charge on any atom is -0.495 e. The van der Waals surface area contributed by atoms with Crippen LogP contribution in [0.4, 0.5) is 5.69 Å². The molecule has 0 aliphatic heterocycles. The minimum atomic E-state index is -4.17. The molecular weight excluding hydrogens is 477 g/mol. The number of amides is 1. The van der Waals surface area contributed by atoms with Crippen molar-refractivity contribution in [2.45, 2.75) is 16.7 Å². The number of carbonyl (C=O) groups is 1. The van der Waals surface area contributed by atoms with Gasteiger partial charge in [-0.05, 0) is 61.5 Å². The Morgan fingerprint density at radius 2 is 1.65 bits per heavy atom. The fourth-order valence-electron chi connectivity index (χ4n) is 2.75. The van der Waals surface area contributed by atoms with Crippen molar-refractivity contribution in [3.8, 4) is 5.75 Å². The first-order chi connectivity index (χ1) is 14.7. The number of sulfonamides is 1. The lowest BCUT2D eigenvalue weighted by molar-refractivity contribution is -0.115. The fourth-order valence-corrected chi connectivity index (χ4v) is 5.37. The van der Waals surface area contributed by atoms with E-state index in [1.807, 2.05) is 6.92 Å². The molecule has 9 heteroatoms. The van der Waals surface area contributed by atoms with Gasteiger partial charge in [0.05, 0.1) is 28.5 Å². The van der Waals surface area contributed by atoms with Gasteiger partial charge in [0.15, 0.2) is 0 Å². The first kappa shape index (κ1) is 23.5. The number of thioether (sulfide) groups is 1. The Labute approximate surface area is 196 Å². The van der Waals surface area contributed by atoms with Crippen LogP contribution in [0, 0.1) is 6.92 Å². The van der Waals surface area contributed by atoms with Crippen molar-refractivity contribution < 1.29 is 17.9 Å². The van der Waals surface area contributed by atoms with Gasteiger partial charge < -0.3 is 4.74 Å². The van der Waals surface area contributed by atoms with Gasteiger partial charge in [-0.3, -0.25) is 4.79 Å². The van der Waals surface area contributed by atoms with Crippen molar-refractivity contribution in [2.24, 2.45) is 0 Å². The zero-order chi connectivity index (χ0) is 22.6. The Balaban J connectivity index is 1.99. The highest BCUT2D eigenvalue weighted by Crippen LogP contribution is 2.33. The molecule has 0 unspecified atom stereocenters. The smallest absolute Gasteiger partial charge is 0.270 e. The molecule has 3 rings (SSSR count). The highest BCUT2D eigenvalue weighted by atomic mass is 35.5. The number of hydrogen-bond donors (Lipinski definition) is 0. The lowest BCUT2D eigenvalue weighted by Gasteiger charge is -2.23. The van der Waals surface area contributed by atoms with E-state index < -0.39 is 15.9 Å². The number of aryl methyl sites for hydroxylation is 1. The average Bonchev–Trinajstić information content (AvgIpc) is 2.74. The van der Waals surface area contributed by atoms with Crippen LogP contribution in [-0.4, -0.2) is 27.2 Å². The highest BCUT2D eigenvalue weighted by molar-refractivity contribution is 8.00. The molecule has 0 N–H and O–H groups in total. The van der Waals surface area contributed by atoms with Gasteiger partial charge in [-0.1, -0.05) is 40.9 Å². The molecule has 0 radical (unpaired) electrons. The van der Waals surface area contributed by atoms with E-state index in [0.717, 1.165) is 14.8 Å². The molecule has 0 bridgehead atoms. The third-order valence-corrected chi connectivity index (χ3v) is 7.64. The van der Waals surface area contributed by atoms with E-state index in [1.165, 1.54) is 49.2 Å². The molecule has 3 aromatic carbocycles. The molecule has 0 aliphatic carbocycles. The molecule has 0 heterocycles. The summed E-state index contributed by atoms with van der Waals surface area (Å²) in [6, 6.07) is 17.7. The first-order valence-electron chi connectivity index (χ1n) is 9.09. The van der Waals surface area contributed by atoms with Crippen molar-refractivity contribution >= 4 is 56.6 Å². The van der Waals surface area contributed by atoms with Crippen molar-refractivity contribution in [3.05, 3.63) is 82.3 Å². The highest BCUT2D eigenvalue weighted by Gasteiger charge is 2.31. The zero-order valence-electron chi connectivity index (χ0n) is 16.7. The standard InChI is InChI=1S/C22H19Cl2NO4S2/c1-15-3-10-19(11-4-15)31(27,28)25(17-7-12-21(29-2)20(24)13-17)22(26)14-30-18-8-5-16(23)6-9-18/h3-13H,14H2,1-2H3. The number of nitrogens with zero attached hydrogens (tertiary/aromatic N) is 1. The first-order valence-corrected chi connectivity index (χ1v) is 12.3. The van der Waals surface area contributed by atoms with Gasteiger partial charge in [0.2, 0.25) is 0 Å². The molecule has 0 atom stereocenters. The number of rotatable bonds is 7. The molecular formula is C22H19Cl2NO4S2. The van der Waals surface area contributed by atoms with Crippen LogP contribution in [0.2, 0.25) is 10.0 Å². The average molecular weight is 496 g/mol. The van der Waals surface area contributed by atoms with Crippen LogP contribution in [-0.2, 0) is 14.8 Å². The fraction of sp³-hybridized carbons (Fsp3) is 0.136. The van der Waals surface area contributed by atoms with E-state index >= 15 is 0 Å². The predicted molar refractivity (Wildman–Crippen MR) is 126 cm³/mol. The van der Waals surface area contributed by atoms with Gasteiger partial charge in [-0.2, -0.15) is 0 Å². The summed E-state index contributed by atoms with van der Waals surface area (Å²) in [6.07, 6.45) is 0. The maximum atomic E-state index is 13.4. The Morgan fingerprint density at radius 3 is 2.23 bits per heavy atom. The Kier molecular flexibility index (Phi) is 7.54. The van der Waals surface area contributed by atoms with Crippen molar-refractivity contribution in [1.29, 1.82) is 0 Å². The molecule has 162 valence electrons. The van der Waals surface area contributed by atoms with Crippen LogP contribution >= 0.6 is 35.0 Å². The van der Waals surface area contributed by atoms with Crippen LogP contribution in [0.25, 0.3) is 0 Å². The second-order valence-corrected chi connectivity index (χ2v) is 10.2. The summed E-state index contributed by atoms with van der Waals surface area (Å²) in [5.74, 6) is -0.334. The van der Waals surface area contributed by atoms with E-state index in [9.17, 15) is 13.2 Å². The molecule has 5 nitrogen and oxygen atoms in total. The number of anilines is 1. The summed E-state index contributed by atoms with van der Waals surface area (Å²) in [7, 11) is -2.71. The number of carbonyl (C=O) groups excluding carboxylic acids is 1. The molecule has 0 saturated heterocycles. The van der Waals surface area contributed by atoms with Gasteiger partial charge in [0.1, 0.15) is 5.75 Å². The molecule has 1 amide bonds. The number of halogens is 2. The van der Waals surface area contributed by atoms with E-state index in [-0.39, 0.29) is 21.4 Å². The molecule has 0 spiro atoms. The van der Waals surface area contributed by atoms with E-state index in [2.05, 4.69) is 0 Å². The third-order valence-electron chi connectivity index (χ3n) is 4.33. The van der Waals surface area contributed by atoms with Gasteiger partial charge in [0, 0.05) is 9.92 Å². The third kappa shape index (κ3) is 5.54. The number of ether oxygens (including phenoxy) is 1. The zero-order valence-corrected chi connectivity index (χ0v) is 19.9. The van der Waals surface area contributed by atoms with Gasteiger partial charge >= 0.3 is 0 Å². The maximum absolute atomic E-state index is 13.4. The maximum Gasteiger partial charge on any atom is 0.270 e. The topological polar surface area (TPSA) is 63.7 Å². The Hall–Kier alpha value is -2.19. The van der Waals surface area contributed by atoms with Gasteiger partial charge in [-0.15, -0.1) is 11.8 Å². The van der Waals surface area contributed by atoms with Crippen molar-refractivity contribution in [1.82, 2.24) is 0 Å². The second kappa shape index (κ2) is 9.96. The lowest BCUT2D eigenvalue weighted by Crippen LogP contribution is -2.38. The molecule has 3 aromatic rings. The second-order valence-electron chi connectivity index (χ2n) is 6.54. The predicted octanol–water partition coefficient (Wildman–Crippen LogP) is 5.82. The Morgan fingerprint density at radius 1 is 1.00 bits per heavy atom. The van der Waals surface area contributed by atoms with Crippen LogP contribution in [0.15, 0.2) is 76.5 Å². The lowest BCUT2D eigenvalue weighted by atomic mass is 10.2.